The number of aromatic carboxylic acids is 2. The maximum atomic E-state index is 10.7. The molecule has 0 saturated carbocycles. The van der Waals surface area contributed by atoms with Gasteiger partial charge in [-0.2, -0.15) is 0 Å². The molecule has 15 heavy (non-hydrogen) atoms. The molecule has 6 nitrogen and oxygen atoms in total. The summed E-state index contributed by atoms with van der Waals surface area (Å²) in [5, 5.41) is 17.5. The molecule has 80 valence electrons. The molecule has 0 aliphatic heterocycles. The number of carbonyl (C=O) groups is 2. The quantitative estimate of drug-likeness (QED) is 0.634. The van der Waals surface area contributed by atoms with Gasteiger partial charge in [0.25, 0.3) is 0 Å². The van der Waals surface area contributed by atoms with E-state index in [9.17, 15) is 9.59 Å². The SMILES string of the molecule is COc1cc(C(=O)O)c(C(=O)O)cc1N. The van der Waals surface area contributed by atoms with Crippen molar-refractivity contribution in [1.29, 1.82) is 0 Å². The van der Waals surface area contributed by atoms with Crippen LogP contribution in [-0.2, 0) is 0 Å². The molecular weight excluding hydrogens is 202 g/mol. The lowest BCUT2D eigenvalue weighted by Crippen LogP contribution is -2.09. The zero-order chi connectivity index (χ0) is 11.6. The van der Waals surface area contributed by atoms with Crippen LogP contribution in [-0.4, -0.2) is 29.3 Å². The van der Waals surface area contributed by atoms with Crippen LogP contribution in [0.1, 0.15) is 20.7 Å². The summed E-state index contributed by atoms with van der Waals surface area (Å²) in [6.45, 7) is 0. The number of hydrogen-bond donors (Lipinski definition) is 3. The van der Waals surface area contributed by atoms with Crippen molar-refractivity contribution in [2.45, 2.75) is 0 Å². The molecule has 0 heterocycles. The molecule has 0 radical (unpaired) electrons. The van der Waals surface area contributed by atoms with Gasteiger partial charge in [0.15, 0.2) is 0 Å². The van der Waals surface area contributed by atoms with E-state index in [0.717, 1.165) is 12.1 Å². The fourth-order valence-electron chi connectivity index (χ4n) is 1.13. The van der Waals surface area contributed by atoms with E-state index in [1.807, 2.05) is 0 Å². The number of rotatable bonds is 3. The standard InChI is InChI=1S/C9H9NO5/c1-15-7-3-5(9(13)14)4(8(11)12)2-6(7)10/h2-3H,10H2,1H3,(H,11,12)(H,13,14). The monoisotopic (exact) mass is 211 g/mol. The van der Waals surface area contributed by atoms with Gasteiger partial charge in [-0.05, 0) is 12.1 Å². The van der Waals surface area contributed by atoms with Gasteiger partial charge in [-0.15, -0.1) is 0 Å². The number of benzene rings is 1. The van der Waals surface area contributed by atoms with Crippen LogP contribution in [0.5, 0.6) is 5.75 Å². The third-order valence-corrected chi connectivity index (χ3v) is 1.83. The van der Waals surface area contributed by atoms with Crippen molar-refractivity contribution in [3.8, 4) is 5.75 Å². The van der Waals surface area contributed by atoms with Crippen LogP contribution in [0.4, 0.5) is 5.69 Å². The summed E-state index contributed by atoms with van der Waals surface area (Å²) in [7, 11) is 1.32. The first-order valence-electron chi connectivity index (χ1n) is 3.91. The van der Waals surface area contributed by atoms with Gasteiger partial charge < -0.3 is 20.7 Å². The number of methoxy groups -OCH3 is 1. The molecule has 0 saturated heterocycles. The van der Waals surface area contributed by atoms with Gasteiger partial charge in [0, 0.05) is 0 Å². The number of nitrogen functional groups attached to an aromatic ring is 1. The van der Waals surface area contributed by atoms with Gasteiger partial charge in [-0.25, -0.2) is 9.59 Å². The number of ether oxygens (including phenoxy) is 1. The van der Waals surface area contributed by atoms with Gasteiger partial charge in [0.1, 0.15) is 5.75 Å². The van der Waals surface area contributed by atoms with Crippen LogP contribution in [0, 0.1) is 0 Å². The first-order chi connectivity index (χ1) is 6.97. The highest BCUT2D eigenvalue weighted by molar-refractivity contribution is 6.03. The zero-order valence-corrected chi connectivity index (χ0v) is 7.85. The zero-order valence-electron chi connectivity index (χ0n) is 7.85. The van der Waals surface area contributed by atoms with E-state index in [1.165, 1.54) is 7.11 Å². The average molecular weight is 211 g/mol. The molecule has 6 heteroatoms. The molecule has 0 aliphatic rings. The first kappa shape index (κ1) is 10.8. The normalized spacial score (nSPS) is 9.67. The molecule has 1 rings (SSSR count). The van der Waals surface area contributed by atoms with Gasteiger partial charge >= 0.3 is 11.9 Å². The second-order valence-corrected chi connectivity index (χ2v) is 2.75. The minimum atomic E-state index is -1.35. The molecule has 0 unspecified atom stereocenters. The van der Waals surface area contributed by atoms with Crippen molar-refractivity contribution >= 4 is 17.6 Å². The number of hydrogen-bond acceptors (Lipinski definition) is 4. The Balaban J connectivity index is 3.45. The molecule has 1 aromatic rings. The molecule has 0 amide bonds. The molecule has 0 aromatic heterocycles. The molecule has 0 bridgehead atoms. The predicted molar refractivity (Wildman–Crippen MR) is 51.3 cm³/mol. The first-order valence-corrected chi connectivity index (χ1v) is 3.91. The van der Waals surface area contributed by atoms with E-state index in [4.69, 9.17) is 20.7 Å². The summed E-state index contributed by atoms with van der Waals surface area (Å²) >= 11 is 0. The summed E-state index contributed by atoms with van der Waals surface area (Å²) in [5.74, 6) is -2.55. The van der Waals surface area contributed by atoms with E-state index in [2.05, 4.69) is 0 Å². The van der Waals surface area contributed by atoms with Crippen molar-refractivity contribution in [1.82, 2.24) is 0 Å². The molecule has 0 aliphatic carbocycles. The summed E-state index contributed by atoms with van der Waals surface area (Å²) in [5.41, 5.74) is 4.83. The van der Waals surface area contributed by atoms with Gasteiger partial charge in [0.2, 0.25) is 0 Å². The van der Waals surface area contributed by atoms with Crippen LogP contribution in [0.15, 0.2) is 12.1 Å². The lowest BCUT2D eigenvalue weighted by atomic mass is 10.1. The van der Waals surface area contributed by atoms with E-state index >= 15 is 0 Å². The van der Waals surface area contributed by atoms with Crippen molar-refractivity contribution in [2.24, 2.45) is 0 Å². The second-order valence-electron chi connectivity index (χ2n) is 2.75. The van der Waals surface area contributed by atoms with E-state index in [-0.39, 0.29) is 22.6 Å². The van der Waals surface area contributed by atoms with E-state index in [1.54, 1.807) is 0 Å². The maximum Gasteiger partial charge on any atom is 0.336 e. The largest absolute Gasteiger partial charge is 0.495 e. The van der Waals surface area contributed by atoms with Crippen LogP contribution in [0.25, 0.3) is 0 Å². The summed E-state index contributed by atoms with van der Waals surface area (Å²) in [6.07, 6.45) is 0. The predicted octanol–water partition coefficient (Wildman–Crippen LogP) is 0.674. The highest BCUT2D eigenvalue weighted by Crippen LogP contribution is 2.25. The fourth-order valence-corrected chi connectivity index (χ4v) is 1.13. The van der Waals surface area contributed by atoms with Crippen molar-refractivity contribution in [3.05, 3.63) is 23.3 Å². The van der Waals surface area contributed by atoms with Gasteiger partial charge in [-0.1, -0.05) is 0 Å². The molecular formula is C9H9NO5. The average Bonchev–Trinajstić information content (AvgIpc) is 2.16. The Morgan fingerprint density at radius 1 is 1.20 bits per heavy atom. The number of nitrogens with two attached hydrogens (primary N) is 1. The Labute approximate surface area is 84.9 Å². The third-order valence-electron chi connectivity index (χ3n) is 1.83. The van der Waals surface area contributed by atoms with Crippen molar-refractivity contribution in [3.63, 3.8) is 0 Å². The molecule has 4 N–H and O–H groups in total. The number of carboxylic acid groups (broad SMARTS) is 2. The van der Waals surface area contributed by atoms with Crippen LogP contribution < -0.4 is 10.5 Å². The van der Waals surface area contributed by atoms with Crippen LogP contribution >= 0.6 is 0 Å². The highest BCUT2D eigenvalue weighted by atomic mass is 16.5. The maximum absolute atomic E-state index is 10.7. The van der Waals surface area contributed by atoms with Crippen molar-refractivity contribution in [2.75, 3.05) is 12.8 Å². The van der Waals surface area contributed by atoms with Gasteiger partial charge in [-0.3, -0.25) is 0 Å². The van der Waals surface area contributed by atoms with Crippen LogP contribution in [0.3, 0.4) is 0 Å². The summed E-state index contributed by atoms with van der Waals surface area (Å²) < 4.78 is 4.79. The van der Waals surface area contributed by atoms with Crippen LogP contribution in [0.2, 0.25) is 0 Å². The lowest BCUT2D eigenvalue weighted by Gasteiger charge is -2.08. The Morgan fingerprint density at radius 3 is 2.07 bits per heavy atom. The Kier molecular flexibility index (Phi) is 2.80. The molecule has 0 atom stereocenters. The lowest BCUT2D eigenvalue weighted by molar-refractivity contribution is 0.0651. The third kappa shape index (κ3) is 1.98. The van der Waals surface area contributed by atoms with Crippen molar-refractivity contribution < 1.29 is 24.5 Å². The number of carboxylic acids is 2. The highest BCUT2D eigenvalue weighted by Gasteiger charge is 2.18. The van der Waals surface area contributed by atoms with E-state index in [0.29, 0.717) is 0 Å². The molecule has 0 fully saturated rings. The van der Waals surface area contributed by atoms with Gasteiger partial charge in [0.05, 0.1) is 23.9 Å². The summed E-state index contributed by atoms with van der Waals surface area (Å²) in [6, 6.07) is 2.14. The smallest absolute Gasteiger partial charge is 0.336 e. The fraction of sp³-hybridized carbons (Fsp3) is 0.111. The van der Waals surface area contributed by atoms with E-state index < -0.39 is 11.9 Å². The Bertz CT molecular complexity index is 427. The molecule has 0 spiro atoms. The summed E-state index contributed by atoms with van der Waals surface area (Å²) in [4.78, 5) is 21.5. The minimum absolute atomic E-state index is 0.0832. The minimum Gasteiger partial charge on any atom is -0.495 e. The topological polar surface area (TPSA) is 110 Å². The Hall–Kier alpha value is -2.24. The molecule has 1 aromatic carbocycles. The second kappa shape index (κ2) is 3.87. The number of anilines is 1. The Morgan fingerprint density at radius 2 is 1.67 bits per heavy atom.